The van der Waals surface area contributed by atoms with Crippen molar-refractivity contribution in [2.75, 3.05) is 6.54 Å². The van der Waals surface area contributed by atoms with E-state index in [4.69, 9.17) is 14.5 Å². The zero-order valence-electron chi connectivity index (χ0n) is 41.6. The summed E-state index contributed by atoms with van der Waals surface area (Å²) in [5.41, 5.74) is 3.07. The molecule has 7 fully saturated rings. The molecule has 1 N–H and O–H groups in total. The third-order valence-corrected chi connectivity index (χ3v) is 21.3. The minimum absolute atomic E-state index is 0.0773. The van der Waals surface area contributed by atoms with Crippen LogP contribution in [0.3, 0.4) is 0 Å². The number of nitrogens with zero attached hydrogens (tertiary/aromatic N) is 2. The molecule has 0 spiro atoms. The van der Waals surface area contributed by atoms with Crippen molar-refractivity contribution in [3.63, 3.8) is 0 Å². The Bertz CT molecular complexity index is 2410. The highest BCUT2D eigenvalue weighted by atomic mass is 19.1. The lowest BCUT2D eigenvalue weighted by Crippen LogP contribution is -2.67. The van der Waals surface area contributed by atoms with Crippen LogP contribution < -0.4 is 0 Å². The number of imidazole rings is 1. The van der Waals surface area contributed by atoms with Crippen molar-refractivity contribution >= 4 is 17.8 Å². The monoisotopic (exact) mass is 914 g/mol. The highest BCUT2D eigenvalue weighted by molar-refractivity contribution is 5.85. The van der Waals surface area contributed by atoms with E-state index in [2.05, 4.69) is 58.0 Å². The predicted octanol–water partition coefficient (Wildman–Crippen LogP) is 12.9. The average Bonchev–Trinajstić information content (AvgIpc) is 4.07. The van der Waals surface area contributed by atoms with E-state index in [1.165, 1.54) is 17.7 Å². The van der Waals surface area contributed by atoms with E-state index in [-0.39, 0.29) is 75.9 Å². The Labute approximate surface area is 399 Å². The number of aromatic nitrogens is 2. The number of carbonyl (C=O) groups excluding carboxylic acids is 3. The minimum Gasteiger partial charge on any atom is -0.462 e. The van der Waals surface area contributed by atoms with Crippen molar-refractivity contribution in [2.24, 2.45) is 73.9 Å². The normalized spacial score (nSPS) is 39.2. The molecule has 1 aromatic heterocycles. The summed E-state index contributed by atoms with van der Waals surface area (Å²) in [6.45, 7) is 24.5. The number of amides is 1. The lowest BCUT2D eigenvalue weighted by atomic mass is 9.32. The van der Waals surface area contributed by atoms with E-state index in [0.29, 0.717) is 36.0 Å². The molecular formula is C58H76FN3O5. The van der Waals surface area contributed by atoms with Crippen molar-refractivity contribution < 1.29 is 28.2 Å². The third-order valence-electron chi connectivity index (χ3n) is 21.3. The number of likely N-dealkylation sites (tertiary alicyclic amines) is 1. The van der Waals surface area contributed by atoms with Crippen LogP contribution in [0.15, 0.2) is 72.9 Å². The van der Waals surface area contributed by atoms with Crippen LogP contribution in [-0.4, -0.2) is 45.4 Å². The van der Waals surface area contributed by atoms with Crippen LogP contribution in [0.4, 0.5) is 4.39 Å². The first kappa shape index (κ1) is 46.5. The van der Waals surface area contributed by atoms with Crippen LogP contribution in [0.2, 0.25) is 0 Å². The largest absolute Gasteiger partial charge is 0.462 e. The van der Waals surface area contributed by atoms with E-state index in [0.717, 1.165) is 106 Å². The Kier molecular flexibility index (Phi) is 11.4. The van der Waals surface area contributed by atoms with Crippen molar-refractivity contribution in [2.45, 2.75) is 158 Å². The smallest absolute Gasteiger partial charge is 0.309 e. The number of nitrogens with one attached hydrogen (secondary N) is 1. The molecule has 1 aliphatic heterocycles. The summed E-state index contributed by atoms with van der Waals surface area (Å²) in [4.78, 5) is 53.5. The summed E-state index contributed by atoms with van der Waals surface area (Å²) >= 11 is 0. The zero-order valence-corrected chi connectivity index (χ0v) is 41.6. The van der Waals surface area contributed by atoms with Crippen molar-refractivity contribution in [1.29, 1.82) is 0 Å². The van der Waals surface area contributed by atoms with Crippen LogP contribution in [0, 0.1) is 79.7 Å². The first-order chi connectivity index (χ1) is 31.8. The van der Waals surface area contributed by atoms with Crippen LogP contribution >= 0.6 is 0 Å². The van der Waals surface area contributed by atoms with Gasteiger partial charge in [0.2, 0.25) is 5.91 Å². The predicted molar refractivity (Wildman–Crippen MR) is 258 cm³/mol. The van der Waals surface area contributed by atoms with Crippen LogP contribution in [0.1, 0.15) is 156 Å². The van der Waals surface area contributed by atoms with Crippen LogP contribution in [0.5, 0.6) is 0 Å². The number of allylic oxidation sites excluding steroid dienone is 1. The first-order valence-corrected chi connectivity index (χ1v) is 25.9. The second-order valence-corrected chi connectivity index (χ2v) is 24.7. The van der Waals surface area contributed by atoms with E-state index >= 15 is 4.79 Å². The van der Waals surface area contributed by atoms with Gasteiger partial charge in [0.1, 0.15) is 24.4 Å². The van der Waals surface area contributed by atoms with Gasteiger partial charge in [-0.05, 0) is 177 Å². The molecule has 13 atom stereocenters. The average molecular weight is 914 g/mol. The molecule has 1 amide bonds. The number of rotatable bonds is 9. The molecule has 10 rings (SSSR count). The van der Waals surface area contributed by atoms with Gasteiger partial charge in [-0.2, -0.15) is 0 Å². The highest BCUT2D eigenvalue weighted by Gasteiger charge is 2.72. The van der Waals surface area contributed by atoms with Gasteiger partial charge < -0.3 is 19.4 Å². The molecule has 9 heteroatoms. The number of carbonyl (C=O) groups is 3. The van der Waals surface area contributed by atoms with Gasteiger partial charge in [-0.1, -0.05) is 91.0 Å². The molecule has 2 heterocycles. The fraction of sp³-hybridized carbons (Fsp3) is 0.655. The fourth-order valence-corrected chi connectivity index (χ4v) is 17.3. The summed E-state index contributed by atoms with van der Waals surface area (Å²) in [7, 11) is 0. The Morgan fingerprint density at radius 3 is 2.24 bits per heavy atom. The molecule has 6 saturated carbocycles. The lowest BCUT2D eigenvalue weighted by molar-refractivity contribution is -0.251. The second-order valence-electron chi connectivity index (χ2n) is 24.7. The third kappa shape index (κ3) is 7.05. The standard InChI is InChI=1S/C58H76FN3O5/c1-35(2)39-23-28-58(52(65)62-31-13-16-44(62)49-60-33-43(61-49)37-17-19-38(59)20-18-37)30-29-56(8)40(48(39)58)21-22-46-55(7)26-25-47(54(5,6)45(55)24-27-57(46,56)9)67-51(64)42-32-41(53(42,3)4)50(63)66-34-36-14-11-10-12-15-36/h10-12,14-15,17-20,33,39-42,44-48H,1,13,16,21-32,34H2,2-9H3,(H,60,61)/t39-,40+,41-,42+,44-,45?,46?,47-,48?,55-,56+,57+,58-/m0/s1. The van der Waals surface area contributed by atoms with E-state index in [1.54, 1.807) is 12.1 Å². The summed E-state index contributed by atoms with van der Waals surface area (Å²) in [6, 6.07) is 16.1. The van der Waals surface area contributed by atoms with Gasteiger partial charge in [-0.3, -0.25) is 14.4 Å². The molecule has 360 valence electrons. The summed E-state index contributed by atoms with van der Waals surface area (Å²) < 4.78 is 26.1. The minimum atomic E-state index is -0.532. The van der Waals surface area contributed by atoms with Crippen molar-refractivity contribution in [3.05, 3.63) is 90.2 Å². The molecule has 7 aliphatic rings. The summed E-state index contributed by atoms with van der Waals surface area (Å²) in [5, 5.41) is 0. The lowest BCUT2D eigenvalue weighted by Gasteiger charge is -2.73. The zero-order chi connectivity index (χ0) is 47.5. The molecule has 2 aromatic carbocycles. The summed E-state index contributed by atoms with van der Waals surface area (Å²) in [6.07, 6.45) is 14.3. The number of aromatic amines is 1. The van der Waals surface area contributed by atoms with E-state index < -0.39 is 10.8 Å². The number of benzene rings is 2. The molecule has 3 aromatic rings. The Balaban J connectivity index is 0.848. The van der Waals surface area contributed by atoms with Gasteiger partial charge in [-0.15, -0.1) is 0 Å². The molecule has 67 heavy (non-hydrogen) atoms. The van der Waals surface area contributed by atoms with Crippen molar-refractivity contribution in [3.8, 4) is 11.3 Å². The number of hydrogen-bond donors (Lipinski definition) is 1. The molecule has 3 unspecified atom stereocenters. The molecule has 0 radical (unpaired) electrons. The maximum absolute atomic E-state index is 15.6. The van der Waals surface area contributed by atoms with E-state index in [1.807, 2.05) is 50.4 Å². The number of H-pyrrole nitrogens is 1. The maximum Gasteiger partial charge on any atom is 0.309 e. The number of ether oxygens (including phenoxy) is 2. The van der Waals surface area contributed by atoms with Gasteiger partial charge in [0.25, 0.3) is 0 Å². The highest BCUT2D eigenvalue weighted by Crippen LogP contribution is 2.78. The number of hydrogen-bond acceptors (Lipinski definition) is 6. The first-order valence-electron chi connectivity index (χ1n) is 25.9. The Morgan fingerprint density at radius 2 is 1.52 bits per heavy atom. The molecule has 6 aliphatic carbocycles. The SMILES string of the molecule is C=C(C)[C@@H]1CC[C@]2(C(=O)N3CCC[C@H]3c3ncc(-c4ccc(F)cc4)[nH]3)CC[C@]3(C)[C@H](CCC4[C@@]5(C)CC[C@H](OC(=O)[C@H]6C[C@@H](C(=O)OCc7ccccc7)C6(C)C)C(C)(C)C5CC[C@]43C)C12. The molecule has 8 nitrogen and oxygen atoms in total. The quantitative estimate of drug-likeness (QED) is 0.169. The Morgan fingerprint density at radius 1 is 0.791 bits per heavy atom. The fourth-order valence-electron chi connectivity index (χ4n) is 17.3. The number of halogens is 1. The van der Waals surface area contributed by atoms with Gasteiger partial charge in [0.15, 0.2) is 0 Å². The van der Waals surface area contributed by atoms with Crippen LogP contribution in [-0.2, 0) is 30.5 Å². The summed E-state index contributed by atoms with van der Waals surface area (Å²) in [5.74, 6) is 1.83. The van der Waals surface area contributed by atoms with Gasteiger partial charge in [-0.25, -0.2) is 9.37 Å². The maximum atomic E-state index is 15.6. The second kappa shape index (κ2) is 16.4. The van der Waals surface area contributed by atoms with E-state index in [9.17, 15) is 14.0 Å². The van der Waals surface area contributed by atoms with Gasteiger partial charge in [0.05, 0.1) is 35.2 Å². The van der Waals surface area contributed by atoms with Crippen molar-refractivity contribution in [1.82, 2.24) is 14.9 Å². The van der Waals surface area contributed by atoms with Gasteiger partial charge in [0, 0.05) is 12.0 Å². The van der Waals surface area contributed by atoms with Gasteiger partial charge >= 0.3 is 11.9 Å². The number of esters is 2. The topological polar surface area (TPSA) is 102 Å². The molecular weight excluding hydrogens is 838 g/mol. The molecule has 0 bridgehead atoms. The van der Waals surface area contributed by atoms with Crippen LogP contribution in [0.25, 0.3) is 11.3 Å². The Hall–Kier alpha value is -4.27. The molecule has 1 saturated heterocycles. The number of fused-ring (bicyclic) bond motifs is 7.